The summed E-state index contributed by atoms with van der Waals surface area (Å²) in [6, 6.07) is 7.75. The molecule has 0 spiro atoms. The Bertz CT molecular complexity index is 743. The normalized spacial score (nSPS) is 20.6. The van der Waals surface area contributed by atoms with Gasteiger partial charge in [0.25, 0.3) is 0 Å². The summed E-state index contributed by atoms with van der Waals surface area (Å²) in [4.78, 5) is 25.0. The fourth-order valence-corrected chi connectivity index (χ4v) is 3.26. The van der Waals surface area contributed by atoms with Gasteiger partial charge < -0.3 is 15.2 Å². The SMILES string of the molecule is CCOC(=O)C1=C(N)OC2=C(C(=O)CCC2)C1c1ccc(C)cc1. The van der Waals surface area contributed by atoms with E-state index < -0.39 is 11.9 Å². The first-order valence-corrected chi connectivity index (χ1v) is 8.20. The minimum atomic E-state index is -0.537. The summed E-state index contributed by atoms with van der Waals surface area (Å²) in [5.74, 6) is -0.433. The highest BCUT2D eigenvalue weighted by atomic mass is 16.5. The number of benzene rings is 1. The van der Waals surface area contributed by atoms with Crippen molar-refractivity contribution >= 4 is 11.8 Å². The number of ketones is 1. The Morgan fingerprint density at radius 1 is 1.29 bits per heavy atom. The van der Waals surface area contributed by atoms with Gasteiger partial charge in [-0.15, -0.1) is 0 Å². The van der Waals surface area contributed by atoms with E-state index in [-0.39, 0.29) is 23.8 Å². The van der Waals surface area contributed by atoms with Gasteiger partial charge in [-0.2, -0.15) is 0 Å². The van der Waals surface area contributed by atoms with Gasteiger partial charge in [-0.1, -0.05) is 29.8 Å². The lowest BCUT2D eigenvalue weighted by molar-refractivity contribution is -0.139. The Hall–Kier alpha value is -2.56. The minimum absolute atomic E-state index is 0.0103. The fourth-order valence-electron chi connectivity index (χ4n) is 3.26. The molecule has 5 nitrogen and oxygen atoms in total. The monoisotopic (exact) mass is 327 g/mol. The summed E-state index contributed by atoms with van der Waals surface area (Å²) in [6.07, 6.45) is 1.85. The molecule has 1 atom stereocenters. The number of rotatable bonds is 3. The Morgan fingerprint density at radius 3 is 2.67 bits per heavy atom. The molecule has 5 heteroatoms. The molecule has 0 saturated heterocycles. The fraction of sp³-hybridized carbons (Fsp3) is 0.368. The number of aryl methyl sites for hydroxylation is 1. The van der Waals surface area contributed by atoms with Crippen molar-refractivity contribution in [2.75, 3.05) is 6.61 Å². The molecule has 2 N–H and O–H groups in total. The maximum absolute atomic E-state index is 12.6. The van der Waals surface area contributed by atoms with E-state index in [9.17, 15) is 9.59 Å². The van der Waals surface area contributed by atoms with E-state index in [0.29, 0.717) is 24.2 Å². The second kappa shape index (κ2) is 6.51. The molecule has 1 unspecified atom stereocenters. The van der Waals surface area contributed by atoms with Crippen LogP contribution in [-0.4, -0.2) is 18.4 Å². The molecule has 1 aliphatic heterocycles. The van der Waals surface area contributed by atoms with E-state index >= 15 is 0 Å². The van der Waals surface area contributed by atoms with Gasteiger partial charge in [-0.3, -0.25) is 4.79 Å². The quantitative estimate of drug-likeness (QED) is 0.864. The molecule has 0 radical (unpaired) electrons. The third kappa shape index (κ3) is 2.82. The molecule has 1 aliphatic carbocycles. The topological polar surface area (TPSA) is 78.6 Å². The lowest BCUT2D eigenvalue weighted by Crippen LogP contribution is -2.31. The van der Waals surface area contributed by atoms with Crippen LogP contribution < -0.4 is 5.73 Å². The highest BCUT2D eigenvalue weighted by Gasteiger charge is 2.41. The van der Waals surface area contributed by atoms with Crippen LogP contribution in [0.2, 0.25) is 0 Å². The van der Waals surface area contributed by atoms with Crippen LogP contribution in [0, 0.1) is 6.92 Å². The molecular formula is C19H21NO4. The number of carbonyl (C=O) groups is 2. The van der Waals surface area contributed by atoms with E-state index in [0.717, 1.165) is 17.5 Å². The van der Waals surface area contributed by atoms with Crippen LogP contribution in [0.4, 0.5) is 0 Å². The average molecular weight is 327 g/mol. The van der Waals surface area contributed by atoms with Crippen molar-refractivity contribution in [2.45, 2.75) is 39.0 Å². The summed E-state index contributed by atoms with van der Waals surface area (Å²) in [7, 11) is 0. The van der Waals surface area contributed by atoms with Crippen LogP contribution >= 0.6 is 0 Å². The highest BCUT2D eigenvalue weighted by Crippen LogP contribution is 2.43. The molecular weight excluding hydrogens is 306 g/mol. The molecule has 1 aromatic carbocycles. The number of esters is 1. The maximum atomic E-state index is 12.6. The largest absolute Gasteiger partial charge is 0.462 e. The first-order chi connectivity index (χ1) is 11.5. The maximum Gasteiger partial charge on any atom is 0.340 e. The van der Waals surface area contributed by atoms with E-state index in [4.69, 9.17) is 15.2 Å². The molecule has 126 valence electrons. The zero-order valence-corrected chi connectivity index (χ0v) is 13.9. The van der Waals surface area contributed by atoms with Crippen LogP contribution in [0.15, 0.2) is 47.1 Å². The van der Waals surface area contributed by atoms with Gasteiger partial charge in [0.2, 0.25) is 5.88 Å². The minimum Gasteiger partial charge on any atom is -0.462 e. The zero-order valence-electron chi connectivity index (χ0n) is 13.9. The summed E-state index contributed by atoms with van der Waals surface area (Å²) >= 11 is 0. The zero-order chi connectivity index (χ0) is 17.3. The van der Waals surface area contributed by atoms with E-state index in [1.54, 1.807) is 6.92 Å². The highest BCUT2D eigenvalue weighted by molar-refractivity contribution is 6.03. The Labute approximate surface area is 141 Å². The summed E-state index contributed by atoms with van der Waals surface area (Å²) in [6.45, 7) is 3.95. The summed E-state index contributed by atoms with van der Waals surface area (Å²) in [5.41, 5.74) is 8.74. The van der Waals surface area contributed by atoms with Gasteiger partial charge in [0, 0.05) is 18.4 Å². The Balaban J connectivity index is 2.15. The van der Waals surface area contributed by atoms with Gasteiger partial charge in [-0.25, -0.2) is 4.79 Å². The van der Waals surface area contributed by atoms with E-state index in [1.165, 1.54) is 0 Å². The lowest BCUT2D eigenvalue weighted by atomic mass is 9.77. The molecule has 1 heterocycles. The van der Waals surface area contributed by atoms with Crippen molar-refractivity contribution in [3.63, 3.8) is 0 Å². The third-order valence-electron chi connectivity index (χ3n) is 4.39. The number of ether oxygens (including phenoxy) is 2. The van der Waals surface area contributed by atoms with Gasteiger partial charge >= 0.3 is 5.97 Å². The van der Waals surface area contributed by atoms with E-state index in [1.807, 2.05) is 31.2 Å². The van der Waals surface area contributed by atoms with Crippen molar-refractivity contribution in [3.05, 3.63) is 58.2 Å². The third-order valence-corrected chi connectivity index (χ3v) is 4.39. The smallest absolute Gasteiger partial charge is 0.340 e. The van der Waals surface area contributed by atoms with Crippen molar-refractivity contribution in [2.24, 2.45) is 5.73 Å². The van der Waals surface area contributed by atoms with Crippen molar-refractivity contribution in [1.29, 1.82) is 0 Å². The molecule has 0 amide bonds. The molecule has 1 aromatic rings. The van der Waals surface area contributed by atoms with Crippen molar-refractivity contribution in [3.8, 4) is 0 Å². The molecule has 0 fully saturated rings. The number of hydrogen-bond acceptors (Lipinski definition) is 5. The molecule has 2 aliphatic rings. The van der Waals surface area contributed by atoms with Crippen molar-refractivity contribution < 1.29 is 19.1 Å². The second-order valence-electron chi connectivity index (χ2n) is 6.06. The van der Waals surface area contributed by atoms with Gasteiger partial charge in [0.05, 0.1) is 12.5 Å². The lowest BCUT2D eigenvalue weighted by Gasteiger charge is -2.32. The standard InChI is InChI=1S/C19H21NO4/c1-3-23-19(22)17-15(12-9-7-11(2)8-10-12)16-13(21)5-4-6-14(16)24-18(17)20/h7-10,15H,3-6,20H2,1-2H3. The van der Waals surface area contributed by atoms with Crippen LogP contribution in [-0.2, 0) is 19.1 Å². The van der Waals surface area contributed by atoms with Crippen LogP contribution in [0.5, 0.6) is 0 Å². The van der Waals surface area contributed by atoms with Crippen LogP contribution in [0.3, 0.4) is 0 Å². The molecule has 3 rings (SSSR count). The summed E-state index contributed by atoms with van der Waals surface area (Å²) < 4.78 is 10.8. The second-order valence-corrected chi connectivity index (χ2v) is 6.06. The van der Waals surface area contributed by atoms with Gasteiger partial charge in [0.1, 0.15) is 11.3 Å². The van der Waals surface area contributed by atoms with Crippen LogP contribution in [0.1, 0.15) is 43.2 Å². The predicted molar refractivity (Wildman–Crippen MR) is 88.7 cm³/mol. The summed E-state index contributed by atoms with van der Waals surface area (Å²) in [5, 5.41) is 0. The number of carbonyl (C=O) groups excluding carboxylic acids is 2. The van der Waals surface area contributed by atoms with Gasteiger partial charge in [0.15, 0.2) is 5.78 Å². The number of allylic oxidation sites excluding steroid dienone is 2. The van der Waals surface area contributed by atoms with Gasteiger partial charge in [-0.05, 0) is 25.8 Å². The first kappa shape index (κ1) is 16.3. The Kier molecular flexibility index (Phi) is 4.42. The molecule has 0 aromatic heterocycles. The number of hydrogen-bond donors (Lipinski definition) is 1. The molecule has 24 heavy (non-hydrogen) atoms. The number of Topliss-reactive ketones (excluding diaryl/α,β-unsaturated/α-hetero) is 1. The average Bonchev–Trinajstić information content (AvgIpc) is 2.55. The predicted octanol–water partition coefficient (Wildman–Crippen LogP) is 2.85. The Morgan fingerprint density at radius 2 is 2.00 bits per heavy atom. The molecule has 0 bridgehead atoms. The van der Waals surface area contributed by atoms with Crippen LogP contribution in [0.25, 0.3) is 0 Å². The molecule has 0 saturated carbocycles. The van der Waals surface area contributed by atoms with E-state index in [2.05, 4.69) is 0 Å². The number of nitrogens with two attached hydrogens (primary N) is 1. The van der Waals surface area contributed by atoms with Crippen molar-refractivity contribution in [1.82, 2.24) is 0 Å². The first-order valence-electron chi connectivity index (χ1n) is 8.20.